The zero-order valence-electron chi connectivity index (χ0n) is 15.3. The molecule has 1 nitrogen and oxygen atoms in total. The summed E-state index contributed by atoms with van der Waals surface area (Å²) in [4.78, 5) is 0. The van der Waals surface area contributed by atoms with Crippen LogP contribution in [0.25, 0.3) is 0 Å². The number of rotatable bonds is 8. The van der Waals surface area contributed by atoms with Crippen LogP contribution in [0.3, 0.4) is 0 Å². The lowest BCUT2D eigenvalue weighted by atomic mass is 9.78. The van der Waals surface area contributed by atoms with Crippen molar-refractivity contribution in [1.82, 2.24) is 0 Å². The number of allylic oxidation sites excluding steroid dienone is 2. The van der Waals surface area contributed by atoms with Gasteiger partial charge in [-0.15, -0.1) is 0 Å². The molecule has 0 aromatic heterocycles. The third-order valence-corrected chi connectivity index (χ3v) is 4.01. The van der Waals surface area contributed by atoms with Gasteiger partial charge in [-0.1, -0.05) is 46.8 Å². The predicted octanol–water partition coefficient (Wildman–Crippen LogP) is 6.38. The molecular formula is C19H38O. The number of hydrogen-bond donors (Lipinski definition) is 0. The molecule has 0 aliphatic heterocycles. The lowest BCUT2D eigenvalue weighted by molar-refractivity contribution is -0.0582. The molecule has 0 bridgehead atoms. The Hall–Kier alpha value is -0.300. The van der Waals surface area contributed by atoms with Gasteiger partial charge in [-0.05, 0) is 63.7 Å². The molecule has 0 aliphatic rings. The Balaban J connectivity index is 4.30. The Kier molecular flexibility index (Phi) is 8.09. The van der Waals surface area contributed by atoms with Gasteiger partial charge in [-0.25, -0.2) is 0 Å². The normalized spacial score (nSPS) is 14.2. The number of ether oxygens (including phenoxy) is 1. The summed E-state index contributed by atoms with van der Waals surface area (Å²) in [6, 6.07) is 0. The van der Waals surface area contributed by atoms with Crippen molar-refractivity contribution in [3.63, 3.8) is 0 Å². The van der Waals surface area contributed by atoms with Crippen LogP contribution in [0, 0.1) is 10.8 Å². The maximum absolute atomic E-state index is 6.07. The molecule has 0 saturated carbocycles. The number of unbranched alkanes of at least 4 members (excludes halogenated alkanes) is 1. The first-order chi connectivity index (χ1) is 9.04. The molecule has 0 spiro atoms. The van der Waals surface area contributed by atoms with Gasteiger partial charge >= 0.3 is 0 Å². The van der Waals surface area contributed by atoms with Crippen LogP contribution in [-0.2, 0) is 4.74 Å². The van der Waals surface area contributed by atoms with Crippen molar-refractivity contribution in [3.05, 3.63) is 12.2 Å². The largest absolute Gasteiger partial charge is 0.375 e. The van der Waals surface area contributed by atoms with E-state index in [4.69, 9.17) is 4.74 Å². The van der Waals surface area contributed by atoms with E-state index in [1.54, 1.807) is 0 Å². The molecule has 0 unspecified atom stereocenters. The summed E-state index contributed by atoms with van der Waals surface area (Å²) in [5, 5.41) is 0. The summed E-state index contributed by atoms with van der Waals surface area (Å²) < 4.78 is 6.07. The minimum atomic E-state index is -0.0261. The molecule has 20 heavy (non-hydrogen) atoms. The zero-order valence-corrected chi connectivity index (χ0v) is 15.3. The van der Waals surface area contributed by atoms with Crippen molar-refractivity contribution in [3.8, 4) is 0 Å². The molecule has 0 aromatic carbocycles. The van der Waals surface area contributed by atoms with E-state index in [-0.39, 0.29) is 5.60 Å². The van der Waals surface area contributed by atoms with Crippen LogP contribution in [0.15, 0.2) is 12.2 Å². The van der Waals surface area contributed by atoms with Crippen LogP contribution in [0.5, 0.6) is 0 Å². The molecule has 0 heterocycles. The van der Waals surface area contributed by atoms with Gasteiger partial charge in [0, 0.05) is 0 Å². The first kappa shape index (κ1) is 19.7. The molecule has 0 fully saturated rings. The van der Waals surface area contributed by atoms with Crippen LogP contribution in [0.1, 0.15) is 87.5 Å². The third kappa shape index (κ3) is 9.58. The van der Waals surface area contributed by atoms with Crippen LogP contribution in [0.4, 0.5) is 0 Å². The van der Waals surface area contributed by atoms with Crippen molar-refractivity contribution < 1.29 is 4.74 Å². The summed E-state index contributed by atoms with van der Waals surface area (Å²) in [6.45, 7) is 18.7. The highest BCUT2D eigenvalue weighted by Crippen LogP contribution is 2.34. The zero-order chi connectivity index (χ0) is 15.9. The van der Waals surface area contributed by atoms with E-state index in [1.165, 1.54) is 32.1 Å². The van der Waals surface area contributed by atoms with Crippen LogP contribution < -0.4 is 0 Å². The molecule has 0 radical (unpaired) electrons. The molecule has 1 heteroatoms. The van der Waals surface area contributed by atoms with E-state index in [1.807, 2.05) is 0 Å². The molecule has 0 amide bonds. The van der Waals surface area contributed by atoms with E-state index in [2.05, 4.69) is 67.5 Å². The maximum atomic E-state index is 6.07. The Bertz CT molecular complexity index is 271. The fourth-order valence-electron chi connectivity index (χ4n) is 2.28. The average Bonchev–Trinajstić information content (AvgIpc) is 2.31. The topological polar surface area (TPSA) is 9.23 Å². The first-order valence-electron chi connectivity index (χ1n) is 8.35. The lowest BCUT2D eigenvalue weighted by Crippen LogP contribution is -2.31. The summed E-state index contributed by atoms with van der Waals surface area (Å²) in [6.07, 6.45) is 10.8. The van der Waals surface area contributed by atoms with Crippen molar-refractivity contribution >= 4 is 0 Å². The molecule has 0 atom stereocenters. The van der Waals surface area contributed by atoms with Gasteiger partial charge in [0.05, 0.1) is 12.2 Å². The van der Waals surface area contributed by atoms with Gasteiger partial charge in [-0.2, -0.15) is 0 Å². The van der Waals surface area contributed by atoms with Gasteiger partial charge in [0.25, 0.3) is 0 Å². The highest BCUT2D eigenvalue weighted by Gasteiger charge is 2.28. The second-order valence-electron chi connectivity index (χ2n) is 8.27. The van der Waals surface area contributed by atoms with Gasteiger partial charge in [0.2, 0.25) is 0 Å². The smallest absolute Gasteiger partial charge is 0.0598 e. The highest BCUT2D eigenvalue weighted by molar-refractivity contribution is 4.92. The van der Waals surface area contributed by atoms with E-state index >= 15 is 0 Å². The summed E-state index contributed by atoms with van der Waals surface area (Å²) in [5.41, 5.74) is 0.645. The average molecular weight is 283 g/mol. The Morgan fingerprint density at radius 1 is 0.900 bits per heavy atom. The summed E-state index contributed by atoms with van der Waals surface area (Å²) in [5.74, 6) is 0. The summed E-state index contributed by atoms with van der Waals surface area (Å²) in [7, 11) is 0. The molecule has 0 aromatic rings. The quantitative estimate of drug-likeness (QED) is 0.371. The highest BCUT2D eigenvalue weighted by atomic mass is 16.5. The molecule has 0 N–H and O–H groups in total. The van der Waals surface area contributed by atoms with E-state index < -0.39 is 0 Å². The molecule has 120 valence electrons. The second kappa shape index (κ2) is 8.22. The lowest BCUT2D eigenvalue weighted by Gasteiger charge is -2.34. The maximum Gasteiger partial charge on any atom is 0.0598 e. The second-order valence-corrected chi connectivity index (χ2v) is 8.27. The molecule has 0 aliphatic carbocycles. The minimum absolute atomic E-state index is 0.0261. The third-order valence-electron chi connectivity index (χ3n) is 4.01. The fourth-order valence-corrected chi connectivity index (χ4v) is 2.28. The van der Waals surface area contributed by atoms with E-state index in [9.17, 15) is 0 Å². The van der Waals surface area contributed by atoms with Crippen molar-refractivity contribution in [2.24, 2.45) is 10.8 Å². The standard InChI is InChI=1S/C19H38O/c1-9-19(10-2,16-20-18(6,7)8)15-13-11-12-14-17(3,4)5/h12,14H,9-11,13,15-16H2,1-8H3/b14-12+. The van der Waals surface area contributed by atoms with Gasteiger partial charge in [0.1, 0.15) is 0 Å². The molecule has 0 saturated heterocycles. The van der Waals surface area contributed by atoms with Crippen molar-refractivity contribution in [2.75, 3.05) is 6.61 Å². The Morgan fingerprint density at radius 3 is 1.85 bits per heavy atom. The predicted molar refractivity (Wildman–Crippen MR) is 91.2 cm³/mol. The fraction of sp³-hybridized carbons (Fsp3) is 0.895. The van der Waals surface area contributed by atoms with Crippen molar-refractivity contribution in [2.45, 2.75) is 93.1 Å². The first-order valence-corrected chi connectivity index (χ1v) is 8.35. The SMILES string of the molecule is CCC(CC)(CCC/C=C/C(C)(C)C)COC(C)(C)C. The molecule has 0 rings (SSSR count). The molecular weight excluding hydrogens is 244 g/mol. The van der Waals surface area contributed by atoms with Crippen LogP contribution in [0.2, 0.25) is 0 Å². The number of hydrogen-bond acceptors (Lipinski definition) is 1. The van der Waals surface area contributed by atoms with E-state index in [0.29, 0.717) is 10.8 Å². The van der Waals surface area contributed by atoms with Crippen molar-refractivity contribution in [1.29, 1.82) is 0 Å². The van der Waals surface area contributed by atoms with Crippen LogP contribution >= 0.6 is 0 Å². The minimum Gasteiger partial charge on any atom is -0.375 e. The monoisotopic (exact) mass is 282 g/mol. The van der Waals surface area contributed by atoms with Crippen LogP contribution in [-0.4, -0.2) is 12.2 Å². The van der Waals surface area contributed by atoms with Gasteiger partial charge < -0.3 is 4.74 Å². The van der Waals surface area contributed by atoms with Gasteiger partial charge in [-0.3, -0.25) is 0 Å². The van der Waals surface area contributed by atoms with Gasteiger partial charge in [0.15, 0.2) is 0 Å². The van der Waals surface area contributed by atoms with E-state index in [0.717, 1.165) is 6.61 Å². The Labute approximate surface area is 128 Å². The summed E-state index contributed by atoms with van der Waals surface area (Å²) >= 11 is 0. The Morgan fingerprint density at radius 2 is 1.45 bits per heavy atom.